The van der Waals surface area contributed by atoms with E-state index < -0.39 is 0 Å². The predicted octanol–water partition coefficient (Wildman–Crippen LogP) is 8.41. The van der Waals surface area contributed by atoms with Crippen molar-refractivity contribution in [2.75, 3.05) is 0 Å². The summed E-state index contributed by atoms with van der Waals surface area (Å²) in [6.45, 7) is 4.56. The molecule has 1 aromatic carbocycles. The molecule has 1 aliphatic rings. The van der Waals surface area contributed by atoms with E-state index in [2.05, 4.69) is 56.4 Å². The Morgan fingerprint density at radius 3 is 1.97 bits per heavy atom. The second-order valence-electron chi connectivity index (χ2n) is 9.27. The monoisotopic (exact) mass is 391 g/mol. The molecule has 3 rings (SSSR count). The van der Waals surface area contributed by atoms with Crippen LogP contribution < -0.4 is 0 Å². The van der Waals surface area contributed by atoms with Crippen LogP contribution in [0.15, 0.2) is 42.6 Å². The average Bonchev–Trinajstić information content (AvgIpc) is 2.78. The van der Waals surface area contributed by atoms with Crippen molar-refractivity contribution in [2.24, 2.45) is 11.8 Å². The van der Waals surface area contributed by atoms with Crippen LogP contribution in [0.25, 0.3) is 11.3 Å². The first-order valence-electron chi connectivity index (χ1n) is 12.3. The summed E-state index contributed by atoms with van der Waals surface area (Å²) in [7, 11) is 0. The van der Waals surface area contributed by atoms with Gasteiger partial charge >= 0.3 is 0 Å². The summed E-state index contributed by atoms with van der Waals surface area (Å²) in [5.41, 5.74) is 5.17. The summed E-state index contributed by atoms with van der Waals surface area (Å²) in [5.74, 6) is 1.96. The average molecular weight is 392 g/mol. The summed E-state index contributed by atoms with van der Waals surface area (Å²) in [6.07, 6.45) is 19.9. The van der Waals surface area contributed by atoms with Crippen LogP contribution in [0.2, 0.25) is 0 Å². The van der Waals surface area contributed by atoms with E-state index in [1.54, 1.807) is 0 Å². The first kappa shape index (κ1) is 22.1. The number of benzene rings is 1. The molecule has 0 aliphatic heterocycles. The molecule has 1 aromatic heterocycles. The summed E-state index contributed by atoms with van der Waals surface area (Å²) in [6, 6.07) is 13.5. The standard InChI is InChI=1S/C28H41N/c1-3-5-7-9-24-10-12-25(13-11-24)14-15-26-18-21-28(29-22-26)27-19-16-23(17-20-27)8-6-4-2/h16-22,24-25H,3-15H2,1-2H3/t24-,25-. The van der Waals surface area contributed by atoms with Crippen LogP contribution in [0.3, 0.4) is 0 Å². The Hall–Kier alpha value is -1.63. The maximum atomic E-state index is 4.76. The Morgan fingerprint density at radius 1 is 0.690 bits per heavy atom. The third-order valence-electron chi connectivity index (χ3n) is 6.92. The highest BCUT2D eigenvalue weighted by molar-refractivity contribution is 5.59. The van der Waals surface area contributed by atoms with Crippen LogP contribution >= 0.6 is 0 Å². The molecule has 158 valence electrons. The van der Waals surface area contributed by atoms with Crippen LogP contribution in [0.4, 0.5) is 0 Å². The van der Waals surface area contributed by atoms with E-state index >= 15 is 0 Å². The van der Waals surface area contributed by atoms with Crippen molar-refractivity contribution in [1.29, 1.82) is 0 Å². The zero-order chi connectivity index (χ0) is 20.3. The van der Waals surface area contributed by atoms with Crippen LogP contribution in [0, 0.1) is 11.8 Å². The van der Waals surface area contributed by atoms with Gasteiger partial charge in [0.1, 0.15) is 0 Å². The van der Waals surface area contributed by atoms with Gasteiger partial charge in [-0.15, -0.1) is 0 Å². The number of nitrogens with zero attached hydrogens (tertiary/aromatic N) is 1. The lowest BCUT2D eigenvalue weighted by Gasteiger charge is -2.28. The van der Waals surface area contributed by atoms with Crippen molar-refractivity contribution in [3.05, 3.63) is 53.7 Å². The molecule has 1 fully saturated rings. The molecule has 0 saturated heterocycles. The molecule has 1 aliphatic carbocycles. The van der Waals surface area contributed by atoms with E-state index in [1.165, 1.54) is 100 Å². The molecule has 0 bridgehead atoms. The highest BCUT2D eigenvalue weighted by Gasteiger charge is 2.20. The third-order valence-corrected chi connectivity index (χ3v) is 6.92. The molecule has 0 unspecified atom stereocenters. The zero-order valence-electron chi connectivity index (χ0n) is 18.8. The number of unbranched alkanes of at least 4 members (excludes halogenated alkanes) is 3. The lowest BCUT2D eigenvalue weighted by Crippen LogP contribution is -2.15. The highest BCUT2D eigenvalue weighted by atomic mass is 14.7. The maximum Gasteiger partial charge on any atom is 0.0702 e. The van der Waals surface area contributed by atoms with Gasteiger partial charge in [-0.25, -0.2) is 0 Å². The Morgan fingerprint density at radius 2 is 1.34 bits per heavy atom. The Balaban J connectivity index is 1.42. The molecular weight excluding hydrogens is 350 g/mol. The second kappa shape index (κ2) is 12.2. The minimum atomic E-state index is 0.938. The Kier molecular flexibility index (Phi) is 9.25. The van der Waals surface area contributed by atoms with Crippen LogP contribution in [-0.2, 0) is 12.8 Å². The molecule has 0 amide bonds. The van der Waals surface area contributed by atoms with Gasteiger partial charge in [-0.3, -0.25) is 4.98 Å². The van der Waals surface area contributed by atoms with Gasteiger partial charge in [0.2, 0.25) is 0 Å². The van der Waals surface area contributed by atoms with E-state index in [4.69, 9.17) is 4.98 Å². The van der Waals surface area contributed by atoms with E-state index in [0.717, 1.165) is 17.5 Å². The van der Waals surface area contributed by atoms with Gasteiger partial charge in [-0.1, -0.05) is 102 Å². The first-order valence-corrected chi connectivity index (χ1v) is 12.3. The fourth-order valence-electron chi connectivity index (χ4n) is 4.83. The molecule has 0 spiro atoms. The topological polar surface area (TPSA) is 12.9 Å². The van der Waals surface area contributed by atoms with Gasteiger partial charge in [0, 0.05) is 11.8 Å². The second-order valence-corrected chi connectivity index (χ2v) is 9.27. The molecular formula is C28H41N. The smallest absolute Gasteiger partial charge is 0.0702 e. The van der Waals surface area contributed by atoms with Crippen molar-refractivity contribution < 1.29 is 0 Å². The Labute approximate surface area is 179 Å². The SMILES string of the molecule is CCCCC[C@H]1CC[C@H](CCc2ccc(-c3ccc(CCCC)cc3)nc2)CC1. The van der Waals surface area contributed by atoms with E-state index in [-0.39, 0.29) is 0 Å². The number of pyridine rings is 1. The van der Waals surface area contributed by atoms with Gasteiger partial charge in [0.05, 0.1) is 5.69 Å². The normalized spacial score (nSPS) is 19.4. The first-order chi connectivity index (χ1) is 14.3. The number of aromatic nitrogens is 1. The summed E-state index contributed by atoms with van der Waals surface area (Å²) < 4.78 is 0. The third kappa shape index (κ3) is 7.28. The zero-order valence-corrected chi connectivity index (χ0v) is 18.8. The molecule has 1 saturated carbocycles. The molecule has 0 radical (unpaired) electrons. The van der Waals surface area contributed by atoms with Gasteiger partial charge in [-0.05, 0) is 54.7 Å². The summed E-state index contributed by atoms with van der Waals surface area (Å²) in [4.78, 5) is 4.76. The number of aryl methyl sites for hydroxylation is 2. The lowest BCUT2D eigenvalue weighted by atomic mass is 9.78. The minimum Gasteiger partial charge on any atom is -0.256 e. The largest absolute Gasteiger partial charge is 0.256 e. The van der Waals surface area contributed by atoms with Crippen molar-refractivity contribution in [3.63, 3.8) is 0 Å². The van der Waals surface area contributed by atoms with Gasteiger partial charge in [-0.2, -0.15) is 0 Å². The molecule has 1 heteroatoms. The molecule has 1 nitrogen and oxygen atoms in total. The van der Waals surface area contributed by atoms with Gasteiger partial charge in [0.25, 0.3) is 0 Å². The Bertz CT molecular complexity index is 677. The van der Waals surface area contributed by atoms with Crippen molar-refractivity contribution >= 4 is 0 Å². The highest BCUT2D eigenvalue weighted by Crippen LogP contribution is 2.34. The fraction of sp³-hybridized carbons (Fsp3) is 0.607. The molecule has 29 heavy (non-hydrogen) atoms. The molecule has 0 atom stereocenters. The number of hydrogen-bond acceptors (Lipinski definition) is 1. The van der Waals surface area contributed by atoms with Crippen molar-refractivity contribution in [1.82, 2.24) is 4.98 Å². The molecule has 2 aromatic rings. The minimum absolute atomic E-state index is 0.938. The summed E-state index contributed by atoms with van der Waals surface area (Å²) >= 11 is 0. The van der Waals surface area contributed by atoms with Crippen LogP contribution in [-0.4, -0.2) is 4.98 Å². The quantitative estimate of drug-likeness (QED) is 0.350. The number of hydrogen-bond donors (Lipinski definition) is 0. The van der Waals surface area contributed by atoms with Gasteiger partial charge < -0.3 is 0 Å². The van der Waals surface area contributed by atoms with Crippen molar-refractivity contribution in [2.45, 2.75) is 97.3 Å². The predicted molar refractivity (Wildman–Crippen MR) is 126 cm³/mol. The van der Waals surface area contributed by atoms with E-state index in [1.807, 2.05) is 0 Å². The van der Waals surface area contributed by atoms with E-state index in [9.17, 15) is 0 Å². The van der Waals surface area contributed by atoms with Crippen molar-refractivity contribution in [3.8, 4) is 11.3 Å². The van der Waals surface area contributed by atoms with Gasteiger partial charge in [0.15, 0.2) is 0 Å². The fourth-order valence-corrected chi connectivity index (χ4v) is 4.83. The van der Waals surface area contributed by atoms with Crippen LogP contribution in [0.5, 0.6) is 0 Å². The summed E-state index contributed by atoms with van der Waals surface area (Å²) in [5, 5.41) is 0. The maximum absolute atomic E-state index is 4.76. The molecule has 1 heterocycles. The van der Waals surface area contributed by atoms with Crippen LogP contribution in [0.1, 0.15) is 95.6 Å². The lowest BCUT2D eigenvalue weighted by molar-refractivity contribution is 0.249. The number of rotatable bonds is 11. The molecule has 0 N–H and O–H groups in total. The van der Waals surface area contributed by atoms with E-state index in [0.29, 0.717) is 0 Å².